The number of Topliss-reactive ketones (excluding diaryl/α,β-unsaturated/α-hetero) is 1. The first-order chi connectivity index (χ1) is 14.1. The molecular weight excluding hydrogens is 407 g/mol. The van der Waals surface area contributed by atoms with Crippen LogP contribution in [0.25, 0.3) is 0 Å². The minimum atomic E-state index is -4.62. The molecular formula is C18H18F3N5O4. The van der Waals surface area contributed by atoms with Gasteiger partial charge in [0.15, 0.2) is 0 Å². The van der Waals surface area contributed by atoms with Gasteiger partial charge in [-0.2, -0.15) is 18.2 Å². The summed E-state index contributed by atoms with van der Waals surface area (Å²) >= 11 is 0. The normalized spacial score (nSPS) is 15.3. The number of ether oxygens (including phenoxy) is 2. The van der Waals surface area contributed by atoms with Gasteiger partial charge < -0.3 is 25.0 Å². The quantitative estimate of drug-likeness (QED) is 0.704. The van der Waals surface area contributed by atoms with E-state index in [-0.39, 0.29) is 28.7 Å². The largest absolute Gasteiger partial charge is 0.495 e. The number of benzene rings is 1. The molecule has 1 aliphatic heterocycles. The molecule has 2 heterocycles. The number of alkyl halides is 3. The first kappa shape index (κ1) is 21.1. The number of hydrogen-bond donors (Lipinski definition) is 2. The third-order valence-corrected chi connectivity index (χ3v) is 4.29. The Bertz CT molecular complexity index is 1010. The van der Waals surface area contributed by atoms with Crippen molar-refractivity contribution < 1.29 is 32.2 Å². The van der Waals surface area contributed by atoms with Gasteiger partial charge in [-0.3, -0.25) is 9.59 Å². The highest BCUT2D eigenvalue weighted by Gasteiger charge is 2.40. The summed E-state index contributed by atoms with van der Waals surface area (Å²) < 4.78 is 49.8. The summed E-state index contributed by atoms with van der Waals surface area (Å²) in [6, 6.07) is 2.78. The monoisotopic (exact) mass is 425 g/mol. The van der Waals surface area contributed by atoms with Gasteiger partial charge in [0.25, 0.3) is 5.91 Å². The molecule has 2 aromatic rings. The molecule has 0 fully saturated rings. The Labute approximate surface area is 169 Å². The highest BCUT2D eigenvalue weighted by atomic mass is 19.4. The smallest absolute Gasteiger partial charge is 0.421 e. The van der Waals surface area contributed by atoms with Crippen molar-refractivity contribution >= 4 is 29.1 Å². The van der Waals surface area contributed by atoms with Crippen molar-refractivity contribution in [3.63, 3.8) is 0 Å². The third kappa shape index (κ3) is 3.80. The molecule has 1 unspecified atom stereocenters. The third-order valence-electron chi connectivity index (χ3n) is 4.29. The number of nitrogens with one attached hydrogen (secondary N) is 2. The summed E-state index contributed by atoms with van der Waals surface area (Å²) in [7, 11) is 5.65. The fourth-order valence-corrected chi connectivity index (χ4v) is 2.80. The lowest BCUT2D eigenvalue weighted by atomic mass is 10.1. The van der Waals surface area contributed by atoms with E-state index in [0.29, 0.717) is 6.20 Å². The topological polar surface area (TPSA) is 106 Å². The predicted molar refractivity (Wildman–Crippen MR) is 100 cm³/mol. The summed E-state index contributed by atoms with van der Waals surface area (Å²) in [5.74, 6) is -1.27. The molecule has 3 rings (SSSR count). The molecule has 0 aliphatic carbocycles. The Morgan fingerprint density at radius 3 is 2.57 bits per heavy atom. The maximum atomic E-state index is 13.0. The number of hydrogen-bond acceptors (Lipinski definition) is 8. The van der Waals surface area contributed by atoms with Gasteiger partial charge in [0.2, 0.25) is 17.8 Å². The molecule has 1 aromatic heterocycles. The number of likely N-dealkylation sites (N-methyl/N-ethyl adjacent to an activating group) is 1. The van der Waals surface area contributed by atoms with E-state index in [2.05, 4.69) is 20.6 Å². The Balaban J connectivity index is 1.95. The van der Waals surface area contributed by atoms with Gasteiger partial charge in [-0.25, -0.2) is 4.98 Å². The molecule has 0 saturated carbocycles. The van der Waals surface area contributed by atoms with E-state index < -0.39 is 35.4 Å². The molecule has 1 aliphatic rings. The molecule has 9 nitrogen and oxygen atoms in total. The van der Waals surface area contributed by atoms with Gasteiger partial charge in [-0.05, 0) is 6.07 Å². The van der Waals surface area contributed by atoms with E-state index in [9.17, 15) is 22.8 Å². The maximum Gasteiger partial charge on any atom is 0.421 e. The van der Waals surface area contributed by atoms with Crippen molar-refractivity contribution in [2.24, 2.45) is 0 Å². The summed E-state index contributed by atoms with van der Waals surface area (Å²) in [6.45, 7) is 0. The number of rotatable bonds is 5. The lowest BCUT2D eigenvalue weighted by Gasteiger charge is -2.15. The van der Waals surface area contributed by atoms with E-state index >= 15 is 0 Å². The van der Waals surface area contributed by atoms with Crippen LogP contribution >= 0.6 is 0 Å². The second-order valence-electron chi connectivity index (χ2n) is 6.47. The van der Waals surface area contributed by atoms with E-state index in [4.69, 9.17) is 9.47 Å². The number of carbonyl (C=O) groups is 2. The summed E-state index contributed by atoms with van der Waals surface area (Å²) in [6.07, 6.45) is -5.29. The number of anilines is 3. The van der Waals surface area contributed by atoms with Crippen molar-refractivity contribution in [3.8, 4) is 11.5 Å². The maximum absolute atomic E-state index is 13.0. The van der Waals surface area contributed by atoms with Crippen molar-refractivity contribution in [1.82, 2.24) is 14.9 Å². The van der Waals surface area contributed by atoms with Crippen LogP contribution in [-0.4, -0.2) is 60.9 Å². The standard InChI is InChI=1S/C18H18F3N5O4/c1-22-15-9(18(19,20)21)7-23-17(25-15)24-10-6-11-8(5-12(10)29-4)13(27)14(30-11)16(28)26(2)3/h5-7,14H,1-4H3,(H2,22,23,24,25). The minimum Gasteiger partial charge on any atom is -0.495 e. The minimum absolute atomic E-state index is 0.129. The number of carbonyl (C=O) groups excluding carboxylic acids is 2. The summed E-state index contributed by atoms with van der Waals surface area (Å²) in [4.78, 5) is 33.4. The molecule has 160 valence electrons. The van der Waals surface area contributed by atoms with Crippen molar-refractivity contribution in [3.05, 3.63) is 29.5 Å². The summed E-state index contributed by atoms with van der Waals surface area (Å²) in [5.41, 5.74) is -0.624. The van der Waals surface area contributed by atoms with Crippen LogP contribution in [0.4, 0.5) is 30.6 Å². The highest BCUT2D eigenvalue weighted by Crippen LogP contribution is 2.39. The van der Waals surface area contributed by atoms with Crippen LogP contribution in [0.15, 0.2) is 18.3 Å². The van der Waals surface area contributed by atoms with Crippen LogP contribution in [0.5, 0.6) is 11.5 Å². The number of amides is 1. The van der Waals surface area contributed by atoms with Gasteiger partial charge in [0.05, 0.1) is 18.4 Å². The molecule has 12 heteroatoms. The first-order valence-corrected chi connectivity index (χ1v) is 8.60. The molecule has 0 bridgehead atoms. The Kier molecular flexibility index (Phi) is 5.42. The van der Waals surface area contributed by atoms with Crippen LogP contribution in [0.3, 0.4) is 0 Å². The zero-order valence-electron chi connectivity index (χ0n) is 16.4. The zero-order chi connectivity index (χ0) is 22.2. The average Bonchev–Trinajstić information content (AvgIpc) is 3.01. The lowest BCUT2D eigenvalue weighted by molar-refractivity contribution is -0.137. The second-order valence-corrected chi connectivity index (χ2v) is 6.47. The molecule has 1 atom stereocenters. The van der Waals surface area contributed by atoms with E-state index in [1.54, 1.807) is 0 Å². The number of halogens is 3. The van der Waals surface area contributed by atoms with Gasteiger partial charge in [-0.1, -0.05) is 0 Å². The summed E-state index contributed by atoms with van der Waals surface area (Å²) in [5, 5.41) is 5.13. The highest BCUT2D eigenvalue weighted by molar-refractivity contribution is 6.16. The fourth-order valence-electron chi connectivity index (χ4n) is 2.80. The van der Waals surface area contributed by atoms with E-state index in [0.717, 1.165) is 0 Å². The van der Waals surface area contributed by atoms with Crippen LogP contribution in [-0.2, 0) is 11.0 Å². The lowest BCUT2D eigenvalue weighted by Crippen LogP contribution is -2.39. The fraction of sp³-hybridized carbons (Fsp3) is 0.333. The van der Waals surface area contributed by atoms with Crippen molar-refractivity contribution in [1.29, 1.82) is 0 Å². The molecule has 0 saturated heterocycles. The van der Waals surface area contributed by atoms with Crippen LogP contribution in [0, 0.1) is 0 Å². The molecule has 0 radical (unpaired) electrons. The molecule has 2 N–H and O–H groups in total. The Morgan fingerprint density at radius 1 is 1.30 bits per heavy atom. The SMILES string of the molecule is CNc1nc(Nc2cc3c(cc2OC)C(=O)C(C(=O)N(C)C)O3)ncc1C(F)(F)F. The average molecular weight is 425 g/mol. The van der Waals surface area contributed by atoms with Crippen molar-refractivity contribution in [2.45, 2.75) is 12.3 Å². The van der Waals surface area contributed by atoms with Crippen LogP contribution in [0.2, 0.25) is 0 Å². The second kappa shape index (κ2) is 7.69. The Hall–Kier alpha value is -3.57. The molecule has 1 aromatic carbocycles. The van der Waals surface area contributed by atoms with Gasteiger partial charge in [0.1, 0.15) is 22.9 Å². The number of aromatic nitrogens is 2. The number of methoxy groups -OCH3 is 1. The van der Waals surface area contributed by atoms with Crippen LogP contribution < -0.4 is 20.1 Å². The molecule has 30 heavy (non-hydrogen) atoms. The number of nitrogens with zero attached hydrogens (tertiary/aromatic N) is 3. The van der Waals surface area contributed by atoms with Gasteiger partial charge in [-0.15, -0.1) is 0 Å². The predicted octanol–water partition coefficient (Wildman–Crippen LogP) is 2.32. The van der Waals surface area contributed by atoms with Crippen LogP contribution in [0.1, 0.15) is 15.9 Å². The van der Waals surface area contributed by atoms with Gasteiger partial charge >= 0.3 is 6.18 Å². The van der Waals surface area contributed by atoms with Crippen molar-refractivity contribution in [2.75, 3.05) is 38.9 Å². The van der Waals surface area contributed by atoms with Gasteiger partial charge in [0, 0.05) is 33.4 Å². The first-order valence-electron chi connectivity index (χ1n) is 8.60. The Morgan fingerprint density at radius 2 is 2.00 bits per heavy atom. The van der Waals surface area contributed by atoms with E-state index in [1.807, 2.05) is 0 Å². The number of fused-ring (bicyclic) bond motifs is 1. The van der Waals surface area contributed by atoms with E-state index in [1.165, 1.54) is 45.3 Å². The number of ketones is 1. The zero-order valence-corrected chi connectivity index (χ0v) is 16.4. The molecule has 1 amide bonds. The molecule has 0 spiro atoms.